The second kappa shape index (κ2) is 7.47. The molecule has 1 rings (SSSR count). The Morgan fingerprint density at radius 1 is 1.30 bits per heavy atom. The Balaban J connectivity index is 3.05. The van der Waals surface area contributed by atoms with Gasteiger partial charge in [-0.15, -0.1) is 0 Å². The molecule has 0 saturated carbocycles. The van der Waals surface area contributed by atoms with Gasteiger partial charge in [-0.25, -0.2) is 4.79 Å². The molecule has 110 valence electrons. The van der Waals surface area contributed by atoms with E-state index in [2.05, 4.69) is 0 Å². The van der Waals surface area contributed by atoms with Crippen LogP contribution in [-0.4, -0.2) is 35.2 Å². The van der Waals surface area contributed by atoms with Gasteiger partial charge in [0.1, 0.15) is 10.8 Å². The van der Waals surface area contributed by atoms with E-state index >= 15 is 0 Å². The molecule has 0 amide bonds. The van der Waals surface area contributed by atoms with Crippen LogP contribution < -0.4 is 4.74 Å². The summed E-state index contributed by atoms with van der Waals surface area (Å²) >= 11 is 12.0. The predicted octanol–water partition coefficient (Wildman–Crippen LogP) is 2.66. The minimum atomic E-state index is -1.15. The molecule has 5 nitrogen and oxygen atoms in total. The molecule has 0 spiro atoms. The molecule has 0 bridgehead atoms. The number of carboxylic acid groups (broad SMARTS) is 1. The topological polar surface area (TPSA) is 83.8 Å². The van der Waals surface area contributed by atoms with Gasteiger partial charge in [0.2, 0.25) is 0 Å². The summed E-state index contributed by atoms with van der Waals surface area (Å²) in [6.07, 6.45) is 0.473. The highest BCUT2D eigenvalue weighted by Crippen LogP contribution is 2.35. The SMILES string of the molecule is CC[C@H](CO)C(=O)c1ccc(OCC(=O)O)c(Cl)c1Cl. The molecule has 0 aliphatic rings. The third kappa shape index (κ3) is 3.85. The van der Waals surface area contributed by atoms with Gasteiger partial charge in [0.25, 0.3) is 0 Å². The standard InChI is InChI=1S/C13H14Cl2O5/c1-2-7(5-16)13(19)8-3-4-9(12(15)11(8)14)20-6-10(17)18/h3-4,7,16H,2,5-6H2,1H3,(H,17,18)/t7-/m1/s1. The molecule has 2 N–H and O–H groups in total. The Morgan fingerprint density at radius 2 is 1.95 bits per heavy atom. The van der Waals surface area contributed by atoms with Gasteiger partial charge in [-0.3, -0.25) is 4.79 Å². The maximum Gasteiger partial charge on any atom is 0.341 e. The number of hydrogen-bond acceptors (Lipinski definition) is 4. The van der Waals surface area contributed by atoms with Crippen molar-refractivity contribution in [2.45, 2.75) is 13.3 Å². The number of ether oxygens (including phenoxy) is 1. The van der Waals surface area contributed by atoms with Gasteiger partial charge in [-0.2, -0.15) is 0 Å². The summed E-state index contributed by atoms with van der Waals surface area (Å²) in [6.45, 7) is 0.941. The Bertz CT molecular complexity index is 512. The largest absolute Gasteiger partial charge is 0.480 e. The zero-order valence-electron chi connectivity index (χ0n) is 10.7. The Kier molecular flexibility index (Phi) is 6.26. The first kappa shape index (κ1) is 16.8. The summed E-state index contributed by atoms with van der Waals surface area (Å²) in [5.74, 6) is -1.92. The van der Waals surface area contributed by atoms with Crippen LogP contribution >= 0.6 is 23.2 Å². The van der Waals surface area contributed by atoms with Crippen molar-refractivity contribution in [1.29, 1.82) is 0 Å². The monoisotopic (exact) mass is 320 g/mol. The van der Waals surface area contributed by atoms with Crippen molar-refractivity contribution in [3.63, 3.8) is 0 Å². The number of aliphatic hydroxyl groups excluding tert-OH is 1. The lowest BCUT2D eigenvalue weighted by Gasteiger charge is -2.14. The molecule has 0 aliphatic heterocycles. The number of rotatable bonds is 7. The van der Waals surface area contributed by atoms with Crippen LogP contribution in [-0.2, 0) is 4.79 Å². The fourth-order valence-electron chi connectivity index (χ4n) is 1.59. The molecule has 0 aromatic heterocycles. The van der Waals surface area contributed by atoms with Crippen molar-refractivity contribution in [2.24, 2.45) is 5.92 Å². The smallest absolute Gasteiger partial charge is 0.341 e. The Labute approximate surface area is 126 Å². The van der Waals surface area contributed by atoms with Crippen LogP contribution in [0.1, 0.15) is 23.7 Å². The lowest BCUT2D eigenvalue weighted by atomic mass is 9.96. The predicted molar refractivity (Wildman–Crippen MR) is 74.8 cm³/mol. The lowest BCUT2D eigenvalue weighted by molar-refractivity contribution is -0.139. The van der Waals surface area contributed by atoms with Gasteiger partial charge in [0.15, 0.2) is 12.4 Å². The maximum atomic E-state index is 12.1. The second-order valence-electron chi connectivity index (χ2n) is 4.07. The van der Waals surface area contributed by atoms with Gasteiger partial charge in [-0.05, 0) is 18.6 Å². The molecule has 0 aliphatic carbocycles. The summed E-state index contributed by atoms with van der Waals surface area (Å²) in [5, 5.41) is 17.6. The van der Waals surface area contributed by atoms with Crippen molar-refractivity contribution in [3.05, 3.63) is 27.7 Å². The van der Waals surface area contributed by atoms with E-state index in [-0.39, 0.29) is 33.7 Å². The number of carboxylic acids is 1. The molecular formula is C13H14Cl2O5. The molecule has 1 aromatic carbocycles. The number of halogens is 2. The van der Waals surface area contributed by atoms with Crippen LogP contribution in [0.2, 0.25) is 10.0 Å². The molecule has 1 aromatic rings. The number of carbonyl (C=O) groups excluding carboxylic acids is 1. The molecule has 20 heavy (non-hydrogen) atoms. The van der Waals surface area contributed by atoms with Gasteiger partial charge >= 0.3 is 5.97 Å². The molecule has 0 fully saturated rings. The molecule has 0 saturated heterocycles. The average Bonchev–Trinajstić information content (AvgIpc) is 2.41. The summed E-state index contributed by atoms with van der Waals surface area (Å²) in [6, 6.07) is 2.79. The summed E-state index contributed by atoms with van der Waals surface area (Å²) < 4.78 is 4.95. The van der Waals surface area contributed by atoms with Gasteiger partial charge in [0.05, 0.1) is 11.6 Å². The normalized spacial score (nSPS) is 12.0. The van der Waals surface area contributed by atoms with Crippen LogP contribution in [0.4, 0.5) is 0 Å². The fraction of sp³-hybridized carbons (Fsp3) is 0.385. The molecule has 0 radical (unpaired) electrons. The van der Waals surface area contributed by atoms with Crippen molar-refractivity contribution in [1.82, 2.24) is 0 Å². The van der Waals surface area contributed by atoms with E-state index in [1.807, 2.05) is 0 Å². The summed E-state index contributed by atoms with van der Waals surface area (Å²) in [4.78, 5) is 22.5. The van der Waals surface area contributed by atoms with Crippen LogP contribution in [0.25, 0.3) is 0 Å². The van der Waals surface area contributed by atoms with Crippen LogP contribution in [0.3, 0.4) is 0 Å². The first-order chi connectivity index (χ1) is 9.42. The van der Waals surface area contributed by atoms with E-state index in [1.54, 1.807) is 6.92 Å². The highest BCUT2D eigenvalue weighted by atomic mass is 35.5. The molecule has 0 unspecified atom stereocenters. The van der Waals surface area contributed by atoms with Crippen molar-refractivity contribution in [2.75, 3.05) is 13.2 Å². The first-order valence-electron chi connectivity index (χ1n) is 5.90. The number of carbonyl (C=O) groups is 2. The van der Waals surface area contributed by atoms with Gasteiger partial charge < -0.3 is 14.9 Å². The van der Waals surface area contributed by atoms with Crippen LogP contribution in [0, 0.1) is 5.92 Å². The zero-order valence-corrected chi connectivity index (χ0v) is 12.2. The van der Waals surface area contributed by atoms with E-state index in [4.69, 9.17) is 38.2 Å². The minimum absolute atomic E-state index is 0.00791. The van der Waals surface area contributed by atoms with E-state index in [0.717, 1.165) is 0 Å². The van der Waals surface area contributed by atoms with Crippen molar-refractivity contribution < 1.29 is 24.5 Å². The molecular weight excluding hydrogens is 307 g/mol. The van der Waals surface area contributed by atoms with E-state index < -0.39 is 18.5 Å². The van der Waals surface area contributed by atoms with Crippen molar-refractivity contribution in [3.8, 4) is 5.75 Å². The quantitative estimate of drug-likeness (QED) is 0.754. The van der Waals surface area contributed by atoms with Crippen molar-refractivity contribution >= 4 is 35.0 Å². The molecule has 7 heteroatoms. The zero-order chi connectivity index (χ0) is 15.3. The summed E-state index contributed by atoms with van der Waals surface area (Å²) in [7, 11) is 0. The maximum absolute atomic E-state index is 12.1. The minimum Gasteiger partial charge on any atom is -0.480 e. The highest BCUT2D eigenvalue weighted by Gasteiger charge is 2.22. The van der Waals surface area contributed by atoms with E-state index in [9.17, 15) is 9.59 Å². The number of benzene rings is 1. The van der Waals surface area contributed by atoms with E-state index in [0.29, 0.717) is 6.42 Å². The first-order valence-corrected chi connectivity index (χ1v) is 6.65. The Morgan fingerprint density at radius 3 is 2.45 bits per heavy atom. The van der Waals surface area contributed by atoms with E-state index in [1.165, 1.54) is 12.1 Å². The second-order valence-corrected chi connectivity index (χ2v) is 4.83. The number of Topliss-reactive ketones (excluding diaryl/α,β-unsaturated/α-hetero) is 1. The van der Waals surface area contributed by atoms with Crippen LogP contribution in [0.15, 0.2) is 12.1 Å². The number of ketones is 1. The third-order valence-corrected chi connectivity index (χ3v) is 3.61. The Hall–Kier alpha value is -1.30. The number of aliphatic carboxylic acids is 1. The number of hydrogen-bond donors (Lipinski definition) is 2. The average molecular weight is 321 g/mol. The lowest BCUT2D eigenvalue weighted by Crippen LogP contribution is -2.18. The molecule has 1 atom stereocenters. The van der Waals surface area contributed by atoms with Gasteiger partial charge in [0, 0.05) is 11.5 Å². The number of aliphatic hydroxyl groups is 1. The van der Waals surface area contributed by atoms with Gasteiger partial charge in [-0.1, -0.05) is 30.1 Å². The highest BCUT2D eigenvalue weighted by molar-refractivity contribution is 6.44. The summed E-state index contributed by atoms with van der Waals surface area (Å²) in [5.41, 5.74) is 0.181. The third-order valence-electron chi connectivity index (χ3n) is 2.75. The molecule has 0 heterocycles. The fourth-order valence-corrected chi connectivity index (χ4v) is 2.06. The van der Waals surface area contributed by atoms with Crippen LogP contribution in [0.5, 0.6) is 5.75 Å².